The molecule has 1 aliphatic rings. The molecule has 0 amide bonds. The Labute approximate surface area is 83.0 Å². The van der Waals surface area contributed by atoms with Crippen LogP contribution >= 0.6 is 0 Å². The molecule has 1 fully saturated rings. The molecule has 1 aliphatic heterocycles. The number of nitrogens with two attached hydrogens (primary N) is 1. The lowest BCUT2D eigenvalue weighted by molar-refractivity contribution is -0.825. The summed E-state index contributed by atoms with van der Waals surface area (Å²) in [4.78, 5) is 26.5. The molecule has 5 nitrogen and oxygen atoms in total. The standard InChI is InChI=1S/C8H11NO4.CH3/c1-3-5(8(11)12-2)6-4-7(10)13-9-6;/h9H,3-4H2,1-2H3;1H3/q;-1/p+1/b6-5-;. The van der Waals surface area contributed by atoms with E-state index in [1.54, 1.807) is 0 Å². The van der Waals surface area contributed by atoms with Crippen molar-refractivity contribution in [3.63, 3.8) is 0 Å². The smallest absolute Gasteiger partial charge is 0.376 e. The zero-order chi connectivity index (χ0) is 9.84. The third-order valence-electron chi connectivity index (χ3n) is 1.84. The van der Waals surface area contributed by atoms with Crippen molar-refractivity contribution in [1.29, 1.82) is 0 Å². The molecule has 0 spiro atoms. The van der Waals surface area contributed by atoms with Crippen molar-refractivity contribution in [2.24, 2.45) is 0 Å². The fraction of sp³-hybridized carbons (Fsp3) is 0.444. The molecule has 0 saturated carbocycles. The Bertz CT molecular complexity index is 270. The quantitative estimate of drug-likeness (QED) is 0.378. The van der Waals surface area contributed by atoms with Crippen LogP contribution in [0.1, 0.15) is 19.8 Å². The minimum Gasteiger partial charge on any atom is -0.465 e. The number of hydroxylamine groups is 1. The van der Waals surface area contributed by atoms with Gasteiger partial charge < -0.3 is 12.2 Å². The first kappa shape index (κ1) is 12.6. The molecule has 2 N–H and O–H groups in total. The number of esters is 1. The molecule has 5 heteroatoms. The summed E-state index contributed by atoms with van der Waals surface area (Å²) in [5.74, 6) is -0.725. The van der Waals surface area contributed by atoms with E-state index in [4.69, 9.17) is 0 Å². The van der Waals surface area contributed by atoms with Crippen molar-refractivity contribution in [3.05, 3.63) is 18.7 Å². The maximum absolute atomic E-state index is 11.2. The van der Waals surface area contributed by atoms with Gasteiger partial charge in [-0.3, -0.25) is 4.84 Å². The van der Waals surface area contributed by atoms with E-state index in [0.29, 0.717) is 17.7 Å². The average Bonchev–Trinajstić information content (AvgIpc) is 2.53. The summed E-state index contributed by atoms with van der Waals surface area (Å²) >= 11 is 0. The summed E-state index contributed by atoms with van der Waals surface area (Å²) in [7, 11) is 1.32. The lowest BCUT2D eigenvalue weighted by Crippen LogP contribution is -2.78. The highest BCUT2D eigenvalue weighted by atomic mass is 16.7. The van der Waals surface area contributed by atoms with Gasteiger partial charge in [-0.25, -0.2) is 9.59 Å². The third-order valence-corrected chi connectivity index (χ3v) is 1.84. The van der Waals surface area contributed by atoms with Crippen molar-refractivity contribution in [2.45, 2.75) is 19.8 Å². The summed E-state index contributed by atoms with van der Waals surface area (Å²) in [6.07, 6.45) is 0.702. The van der Waals surface area contributed by atoms with E-state index in [2.05, 4.69) is 9.57 Å². The van der Waals surface area contributed by atoms with Crippen LogP contribution in [0, 0.1) is 7.43 Å². The maximum Gasteiger partial charge on any atom is 0.376 e. The number of quaternary nitrogens is 1. The summed E-state index contributed by atoms with van der Waals surface area (Å²) in [6, 6.07) is 0. The van der Waals surface area contributed by atoms with Gasteiger partial charge in [-0.1, -0.05) is 6.92 Å². The van der Waals surface area contributed by atoms with E-state index in [-0.39, 0.29) is 19.8 Å². The van der Waals surface area contributed by atoms with Crippen LogP contribution < -0.4 is 5.48 Å². The van der Waals surface area contributed by atoms with Gasteiger partial charge in [0.1, 0.15) is 6.42 Å². The van der Waals surface area contributed by atoms with Crippen LogP contribution in [0.5, 0.6) is 0 Å². The molecule has 0 aliphatic carbocycles. The second-order valence-electron chi connectivity index (χ2n) is 2.63. The number of methoxy groups -OCH3 is 1. The summed E-state index contributed by atoms with van der Waals surface area (Å²) in [5, 5.41) is 0. The van der Waals surface area contributed by atoms with Crippen LogP contribution in [-0.2, 0) is 19.2 Å². The van der Waals surface area contributed by atoms with Gasteiger partial charge in [0.25, 0.3) is 0 Å². The van der Waals surface area contributed by atoms with E-state index in [0.717, 1.165) is 0 Å². The van der Waals surface area contributed by atoms with E-state index in [1.807, 2.05) is 6.92 Å². The SMILES string of the molecule is CC/C(C(=O)OC)=C1\CC(=O)O[NH2+]1.[CH3-]. The Morgan fingerprint density at radius 3 is 2.64 bits per heavy atom. The van der Waals surface area contributed by atoms with E-state index >= 15 is 0 Å². The van der Waals surface area contributed by atoms with Crippen LogP contribution in [0.15, 0.2) is 11.3 Å². The minimum atomic E-state index is -0.396. The average molecular weight is 201 g/mol. The first-order chi connectivity index (χ1) is 6.19. The Kier molecular flexibility index (Phi) is 4.86. The second-order valence-corrected chi connectivity index (χ2v) is 2.63. The molecule has 0 aromatic rings. The molecule has 0 unspecified atom stereocenters. The van der Waals surface area contributed by atoms with Gasteiger partial charge in [0, 0.05) is 0 Å². The summed E-state index contributed by atoms with van der Waals surface area (Å²) in [5.41, 5.74) is 2.45. The minimum absolute atomic E-state index is 0. The maximum atomic E-state index is 11.2. The lowest BCUT2D eigenvalue weighted by atomic mass is 10.1. The van der Waals surface area contributed by atoms with Crippen LogP contribution in [0.4, 0.5) is 0 Å². The number of hydrogen-bond acceptors (Lipinski definition) is 4. The molecule has 0 aromatic heterocycles. The number of rotatable bonds is 2. The Hall–Kier alpha value is -1.36. The Morgan fingerprint density at radius 1 is 1.64 bits per heavy atom. The molecule has 80 valence electrons. The van der Waals surface area contributed by atoms with Gasteiger partial charge in [-0.05, 0) is 6.42 Å². The highest BCUT2D eigenvalue weighted by Gasteiger charge is 2.28. The fourth-order valence-electron chi connectivity index (χ4n) is 1.18. The zero-order valence-corrected chi connectivity index (χ0v) is 8.62. The van der Waals surface area contributed by atoms with Crippen LogP contribution in [0.2, 0.25) is 0 Å². The third kappa shape index (κ3) is 2.56. The molecule has 1 rings (SSSR count). The molecular formula is C9H15NO4. The normalized spacial score (nSPS) is 18.3. The topological polar surface area (TPSA) is 69.2 Å². The largest absolute Gasteiger partial charge is 0.465 e. The first-order valence-electron chi connectivity index (χ1n) is 4.02. The summed E-state index contributed by atoms with van der Waals surface area (Å²) < 4.78 is 4.57. The predicted octanol–water partition coefficient (Wildman–Crippen LogP) is -0.301. The van der Waals surface area contributed by atoms with Gasteiger partial charge in [0.05, 0.1) is 12.7 Å². The molecule has 0 atom stereocenters. The summed E-state index contributed by atoms with van der Waals surface area (Å²) in [6.45, 7) is 1.83. The van der Waals surface area contributed by atoms with Gasteiger partial charge in [0.15, 0.2) is 5.70 Å². The molecule has 1 saturated heterocycles. The predicted molar refractivity (Wildman–Crippen MR) is 48.4 cm³/mol. The van der Waals surface area contributed by atoms with Crippen molar-refractivity contribution in [2.75, 3.05) is 7.11 Å². The second kappa shape index (κ2) is 5.39. The molecular weight excluding hydrogens is 186 g/mol. The van der Waals surface area contributed by atoms with Crippen LogP contribution in [0.25, 0.3) is 0 Å². The molecule has 0 radical (unpaired) electrons. The van der Waals surface area contributed by atoms with Crippen LogP contribution in [0.3, 0.4) is 0 Å². The van der Waals surface area contributed by atoms with Crippen molar-refractivity contribution in [1.82, 2.24) is 0 Å². The number of carbonyl (C=O) groups excluding carboxylic acids is 2. The lowest BCUT2D eigenvalue weighted by Gasteiger charge is -2.01. The first-order valence-corrected chi connectivity index (χ1v) is 4.02. The number of hydrogen-bond donors (Lipinski definition) is 1. The number of ether oxygens (including phenoxy) is 1. The van der Waals surface area contributed by atoms with Crippen LogP contribution in [-0.4, -0.2) is 19.0 Å². The van der Waals surface area contributed by atoms with Gasteiger partial charge >= 0.3 is 11.9 Å². The highest BCUT2D eigenvalue weighted by Crippen LogP contribution is 2.11. The van der Waals surface area contributed by atoms with Crippen molar-refractivity contribution < 1.29 is 24.6 Å². The number of carbonyl (C=O) groups is 2. The van der Waals surface area contributed by atoms with E-state index < -0.39 is 5.97 Å². The Balaban J connectivity index is 0.00000169. The van der Waals surface area contributed by atoms with Gasteiger partial charge in [0.2, 0.25) is 0 Å². The van der Waals surface area contributed by atoms with E-state index in [9.17, 15) is 9.59 Å². The van der Waals surface area contributed by atoms with Crippen molar-refractivity contribution >= 4 is 11.9 Å². The molecule has 1 heterocycles. The molecule has 0 bridgehead atoms. The van der Waals surface area contributed by atoms with E-state index in [1.165, 1.54) is 12.6 Å². The van der Waals surface area contributed by atoms with Crippen molar-refractivity contribution in [3.8, 4) is 0 Å². The highest BCUT2D eigenvalue weighted by molar-refractivity contribution is 5.90. The fourth-order valence-corrected chi connectivity index (χ4v) is 1.18. The molecule has 14 heavy (non-hydrogen) atoms. The monoisotopic (exact) mass is 201 g/mol. The molecule has 0 aromatic carbocycles. The zero-order valence-electron chi connectivity index (χ0n) is 8.62. The van der Waals surface area contributed by atoms with Gasteiger partial charge in [-0.2, -0.15) is 0 Å². The Morgan fingerprint density at radius 2 is 2.29 bits per heavy atom. The van der Waals surface area contributed by atoms with Gasteiger partial charge in [-0.15, -0.1) is 5.48 Å².